The molecule has 0 aliphatic heterocycles. The van der Waals surface area contributed by atoms with Crippen molar-refractivity contribution in [1.29, 1.82) is 0 Å². The Kier molecular flexibility index (Phi) is 3.36. The van der Waals surface area contributed by atoms with E-state index >= 15 is 0 Å². The van der Waals surface area contributed by atoms with Crippen LogP contribution >= 0.6 is 15.9 Å². The van der Waals surface area contributed by atoms with Gasteiger partial charge in [0.25, 0.3) is 0 Å². The fourth-order valence-electron chi connectivity index (χ4n) is 2.91. The molecule has 1 aromatic rings. The summed E-state index contributed by atoms with van der Waals surface area (Å²) in [7, 11) is 0. The summed E-state index contributed by atoms with van der Waals surface area (Å²) in [6.07, 6.45) is 4.54. The summed E-state index contributed by atoms with van der Waals surface area (Å²) in [6.45, 7) is 2.64. The number of nitrogens with two attached hydrogens (primary N) is 1. The average molecular weight is 286 g/mol. The SMILES string of the molecule is Cc1ccc(F)c(Br)c1C1(CN)CCCC1. The summed E-state index contributed by atoms with van der Waals surface area (Å²) in [5.74, 6) is -0.180. The highest BCUT2D eigenvalue weighted by atomic mass is 79.9. The van der Waals surface area contributed by atoms with Gasteiger partial charge < -0.3 is 5.73 Å². The standard InChI is InChI=1S/C13H17BrFN/c1-9-4-5-10(15)12(14)11(9)13(8-16)6-2-3-7-13/h4-5H,2-3,6-8,16H2,1H3. The Morgan fingerprint density at radius 2 is 2.00 bits per heavy atom. The Balaban J connectivity index is 2.57. The van der Waals surface area contributed by atoms with Gasteiger partial charge in [-0.1, -0.05) is 18.9 Å². The summed E-state index contributed by atoms with van der Waals surface area (Å²) in [6, 6.07) is 3.37. The molecule has 0 bridgehead atoms. The maximum atomic E-state index is 13.6. The van der Waals surface area contributed by atoms with Gasteiger partial charge in [-0.3, -0.25) is 0 Å². The van der Waals surface area contributed by atoms with E-state index in [4.69, 9.17) is 5.73 Å². The van der Waals surface area contributed by atoms with E-state index in [0.29, 0.717) is 11.0 Å². The van der Waals surface area contributed by atoms with Crippen molar-refractivity contribution >= 4 is 15.9 Å². The molecule has 1 aliphatic rings. The molecule has 0 unspecified atom stereocenters. The molecule has 1 fully saturated rings. The van der Waals surface area contributed by atoms with Crippen molar-refractivity contribution in [1.82, 2.24) is 0 Å². The average Bonchev–Trinajstić information content (AvgIpc) is 2.74. The molecule has 1 aromatic carbocycles. The minimum atomic E-state index is -0.180. The third kappa shape index (κ3) is 1.80. The molecule has 1 saturated carbocycles. The number of rotatable bonds is 2. The zero-order valence-corrected chi connectivity index (χ0v) is 11.1. The zero-order valence-electron chi connectivity index (χ0n) is 9.52. The Morgan fingerprint density at radius 1 is 1.38 bits per heavy atom. The lowest BCUT2D eigenvalue weighted by Gasteiger charge is -2.31. The lowest BCUT2D eigenvalue weighted by molar-refractivity contribution is 0.444. The molecular weight excluding hydrogens is 269 g/mol. The third-order valence-electron chi connectivity index (χ3n) is 3.78. The molecule has 2 N–H and O–H groups in total. The minimum absolute atomic E-state index is 0.00891. The fourth-order valence-corrected chi connectivity index (χ4v) is 3.77. The Morgan fingerprint density at radius 3 is 2.56 bits per heavy atom. The molecule has 1 nitrogen and oxygen atoms in total. The van der Waals surface area contributed by atoms with E-state index in [1.54, 1.807) is 0 Å². The molecule has 0 spiro atoms. The minimum Gasteiger partial charge on any atom is -0.330 e. The van der Waals surface area contributed by atoms with E-state index in [9.17, 15) is 4.39 Å². The van der Waals surface area contributed by atoms with Crippen LogP contribution < -0.4 is 5.73 Å². The predicted molar refractivity (Wildman–Crippen MR) is 68.0 cm³/mol. The first-order valence-electron chi connectivity index (χ1n) is 5.76. The molecule has 0 aromatic heterocycles. The van der Waals surface area contributed by atoms with Gasteiger partial charge in [0.1, 0.15) is 5.82 Å². The van der Waals surface area contributed by atoms with Crippen molar-refractivity contribution in [2.45, 2.75) is 38.0 Å². The van der Waals surface area contributed by atoms with Crippen molar-refractivity contribution < 1.29 is 4.39 Å². The highest BCUT2D eigenvalue weighted by Gasteiger charge is 2.37. The maximum Gasteiger partial charge on any atom is 0.137 e. The highest BCUT2D eigenvalue weighted by molar-refractivity contribution is 9.10. The second-order valence-corrected chi connectivity index (χ2v) is 5.54. The van der Waals surface area contributed by atoms with Crippen molar-refractivity contribution in [3.8, 4) is 0 Å². The Bertz CT molecular complexity index is 397. The lowest BCUT2D eigenvalue weighted by atomic mass is 9.77. The van der Waals surface area contributed by atoms with Crippen LogP contribution in [-0.2, 0) is 5.41 Å². The van der Waals surface area contributed by atoms with Gasteiger partial charge in [0, 0.05) is 12.0 Å². The molecule has 0 amide bonds. The van der Waals surface area contributed by atoms with E-state index < -0.39 is 0 Å². The normalized spacial score (nSPS) is 19.0. The maximum absolute atomic E-state index is 13.6. The molecule has 0 atom stereocenters. The van der Waals surface area contributed by atoms with Gasteiger partial charge in [-0.2, -0.15) is 0 Å². The van der Waals surface area contributed by atoms with Gasteiger partial charge >= 0.3 is 0 Å². The van der Waals surface area contributed by atoms with Crippen molar-refractivity contribution in [2.24, 2.45) is 5.73 Å². The number of hydrogen-bond acceptors (Lipinski definition) is 1. The first kappa shape index (κ1) is 12.1. The van der Waals surface area contributed by atoms with Crippen LogP contribution in [0.2, 0.25) is 0 Å². The fraction of sp³-hybridized carbons (Fsp3) is 0.538. The second-order valence-electron chi connectivity index (χ2n) is 4.74. The van der Waals surface area contributed by atoms with Crippen LogP contribution in [0.15, 0.2) is 16.6 Å². The Labute approximate surface area is 104 Å². The Hall–Kier alpha value is -0.410. The van der Waals surface area contributed by atoms with Crippen LogP contribution in [-0.4, -0.2) is 6.54 Å². The number of hydrogen-bond donors (Lipinski definition) is 1. The van der Waals surface area contributed by atoms with Crippen LogP contribution in [0.25, 0.3) is 0 Å². The van der Waals surface area contributed by atoms with E-state index in [-0.39, 0.29) is 11.2 Å². The summed E-state index contributed by atoms with van der Waals surface area (Å²) in [5, 5.41) is 0. The van der Waals surface area contributed by atoms with Crippen LogP contribution in [0.3, 0.4) is 0 Å². The second kappa shape index (κ2) is 4.46. The van der Waals surface area contributed by atoms with Crippen molar-refractivity contribution in [3.05, 3.63) is 33.5 Å². The largest absolute Gasteiger partial charge is 0.330 e. The molecule has 88 valence electrons. The molecule has 2 rings (SSSR count). The smallest absolute Gasteiger partial charge is 0.137 e. The number of halogens is 2. The zero-order chi connectivity index (χ0) is 11.8. The van der Waals surface area contributed by atoms with Gasteiger partial charge in [0.05, 0.1) is 4.47 Å². The summed E-state index contributed by atoms with van der Waals surface area (Å²) in [5.41, 5.74) is 8.17. The van der Waals surface area contributed by atoms with Crippen molar-refractivity contribution in [3.63, 3.8) is 0 Å². The van der Waals surface area contributed by atoms with Crippen molar-refractivity contribution in [2.75, 3.05) is 6.54 Å². The number of aryl methyl sites for hydroxylation is 1. The van der Waals surface area contributed by atoms with E-state index in [1.165, 1.54) is 18.9 Å². The van der Waals surface area contributed by atoms with Gasteiger partial charge in [0.2, 0.25) is 0 Å². The first-order chi connectivity index (χ1) is 7.60. The van der Waals surface area contributed by atoms with Crippen LogP contribution in [0.5, 0.6) is 0 Å². The lowest BCUT2D eigenvalue weighted by Crippen LogP contribution is -2.33. The van der Waals surface area contributed by atoms with Crippen LogP contribution in [0, 0.1) is 12.7 Å². The van der Waals surface area contributed by atoms with Crippen LogP contribution in [0.4, 0.5) is 4.39 Å². The number of benzene rings is 1. The quantitative estimate of drug-likeness (QED) is 0.882. The monoisotopic (exact) mass is 285 g/mol. The molecule has 16 heavy (non-hydrogen) atoms. The van der Waals surface area contributed by atoms with Gasteiger partial charge in [-0.05, 0) is 52.9 Å². The van der Waals surface area contributed by atoms with Gasteiger partial charge in [0.15, 0.2) is 0 Å². The van der Waals surface area contributed by atoms with E-state index in [2.05, 4.69) is 15.9 Å². The molecule has 0 heterocycles. The van der Waals surface area contributed by atoms with E-state index in [0.717, 1.165) is 24.0 Å². The summed E-state index contributed by atoms with van der Waals surface area (Å²) < 4.78 is 14.2. The summed E-state index contributed by atoms with van der Waals surface area (Å²) in [4.78, 5) is 0. The predicted octanol–water partition coefficient (Wildman–Crippen LogP) is 3.67. The first-order valence-corrected chi connectivity index (χ1v) is 6.55. The highest BCUT2D eigenvalue weighted by Crippen LogP contribution is 2.45. The topological polar surface area (TPSA) is 26.0 Å². The molecular formula is C13H17BrFN. The molecule has 1 aliphatic carbocycles. The van der Waals surface area contributed by atoms with Gasteiger partial charge in [-0.25, -0.2) is 4.39 Å². The third-order valence-corrected chi connectivity index (χ3v) is 4.56. The van der Waals surface area contributed by atoms with E-state index in [1.807, 2.05) is 13.0 Å². The molecule has 3 heteroatoms. The molecule has 0 saturated heterocycles. The van der Waals surface area contributed by atoms with Gasteiger partial charge in [-0.15, -0.1) is 0 Å². The van der Waals surface area contributed by atoms with Crippen LogP contribution in [0.1, 0.15) is 36.8 Å². The summed E-state index contributed by atoms with van der Waals surface area (Å²) >= 11 is 3.39. The molecule has 0 radical (unpaired) electrons.